The van der Waals surface area contributed by atoms with Crippen molar-refractivity contribution in [2.24, 2.45) is 0 Å². The molecule has 0 aliphatic heterocycles. The smallest absolute Gasteiger partial charge is 0.326 e. The summed E-state index contributed by atoms with van der Waals surface area (Å²) in [5.41, 5.74) is 1.91. The molecule has 0 aromatic heterocycles. The van der Waals surface area contributed by atoms with Crippen LogP contribution < -0.4 is 13.8 Å². The summed E-state index contributed by atoms with van der Waals surface area (Å²) >= 11 is 0. The van der Waals surface area contributed by atoms with Crippen molar-refractivity contribution in [3.63, 3.8) is 0 Å². The third-order valence-corrected chi connectivity index (χ3v) is 6.03. The molecule has 1 atom stereocenters. The molecule has 8 heteroatoms. The molecule has 0 radical (unpaired) electrons. The highest BCUT2D eigenvalue weighted by Crippen LogP contribution is 2.25. The lowest BCUT2D eigenvalue weighted by Crippen LogP contribution is -2.43. The third-order valence-electron chi connectivity index (χ3n) is 4.67. The number of anilines is 1. The average Bonchev–Trinajstić information content (AvgIpc) is 2.78. The third kappa shape index (κ3) is 5.62. The maximum Gasteiger partial charge on any atom is 0.326 e. The average molecular weight is 441 g/mol. The van der Waals surface area contributed by atoms with Gasteiger partial charge in [0.15, 0.2) is 0 Å². The Hall–Kier alpha value is -3.36. The maximum absolute atomic E-state index is 13.2. The quantitative estimate of drug-likeness (QED) is 0.560. The fourth-order valence-corrected chi connectivity index (χ4v) is 4.18. The first kappa shape index (κ1) is 22.3. The topological polar surface area (TPSA) is 95.9 Å². The van der Waals surface area contributed by atoms with Crippen molar-refractivity contribution in [3.05, 3.63) is 95.6 Å². The van der Waals surface area contributed by atoms with Crippen LogP contribution in [0, 0.1) is 0 Å². The van der Waals surface area contributed by atoms with Gasteiger partial charge in [0.1, 0.15) is 5.75 Å². The van der Waals surface area contributed by atoms with Crippen molar-refractivity contribution in [3.8, 4) is 5.75 Å². The molecule has 3 rings (SSSR count). The number of benzene rings is 3. The Morgan fingerprint density at radius 2 is 1.71 bits per heavy atom. The number of nitrogens with zero attached hydrogens (tertiary/aromatic N) is 1. The van der Waals surface area contributed by atoms with Gasteiger partial charge in [0.2, 0.25) is 0 Å². The van der Waals surface area contributed by atoms with E-state index in [1.54, 1.807) is 73.7 Å². The Morgan fingerprint density at radius 1 is 1.03 bits per heavy atom. The Bertz CT molecular complexity index is 1130. The number of carbonyl (C=O) groups excluding carboxylic acids is 1. The molecule has 3 aromatic carbocycles. The lowest BCUT2D eigenvalue weighted by molar-refractivity contribution is 0.0981. The predicted molar refractivity (Wildman–Crippen MR) is 119 cm³/mol. The number of amides is 1. The van der Waals surface area contributed by atoms with Gasteiger partial charge < -0.3 is 9.84 Å². The number of rotatable bonds is 8. The van der Waals surface area contributed by atoms with E-state index in [1.807, 2.05) is 0 Å². The zero-order valence-electron chi connectivity index (χ0n) is 17.2. The molecule has 1 unspecified atom stereocenters. The van der Waals surface area contributed by atoms with Crippen LogP contribution in [0.25, 0.3) is 0 Å². The number of aliphatic hydroxyl groups excluding tert-OH is 1. The highest BCUT2D eigenvalue weighted by Gasteiger charge is 2.26. The first-order valence-electron chi connectivity index (χ1n) is 9.61. The summed E-state index contributed by atoms with van der Waals surface area (Å²) in [4.78, 5) is 12.5. The Labute approximate surface area is 182 Å². The molecular weight excluding hydrogens is 416 g/mol. The van der Waals surface area contributed by atoms with Gasteiger partial charge in [-0.2, -0.15) is 8.42 Å². The van der Waals surface area contributed by atoms with E-state index in [0.29, 0.717) is 22.6 Å². The van der Waals surface area contributed by atoms with Crippen molar-refractivity contribution >= 4 is 21.8 Å². The summed E-state index contributed by atoms with van der Waals surface area (Å²) in [5.74, 6) is -0.151. The zero-order valence-corrected chi connectivity index (χ0v) is 18.0. The summed E-state index contributed by atoms with van der Waals surface area (Å²) in [6.45, 7) is 1.60. The second-order valence-electron chi connectivity index (χ2n) is 6.93. The number of ether oxygens (including phenoxy) is 1. The number of hydrogen-bond donors (Lipinski definition) is 2. The Kier molecular flexibility index (Phi) is 6.94. The van der Waals surface area contributed by atoms with Gasteiger partial charge in [-0.25, -0.2) is 9.03 Å². The monoisotopic (exact) mass is 440 g/mol. The van der Waals surface area contributed by atoms with Crippen LogP contribution in [0.4, 0.5) is 5.69 Å². The van der Waals surface area contributed by atoms with E-state index >= 15 is 0 Å². The molecule has 0 aliphatic rings. The normalized spacial score (nSPS) is 12.1. The summed E-state index contributed by atoms with van der Waals surface area (Å²) in [6, 6.07) is 21.6. The fraction of sp³-hybridized carbons (Fsp3) is 0.174. The van der Waals surface area contributed by atoms with E-state index in [2.05, 4.69) is 4.72 Å². The molecule has 0 fully saturated rings. The summed E-state index contributed by atoms with van der Waals surface area (Å²) in [7, 11) is -2.72. The molecule has 0 saturated carbocycles. The van der Waals surface area contributed by atoms with Gasteiger partial charge in [0, 0.05) is 5.56 Å². The molecule has 0 heterocycles. The van der Waals surface area contributed by atoms with Gasteiger partial charge in [-0.05, 0) is 54.4 Å². The van der Waals surface area contributed by atoms with Crippen molar-refractivity contribution in [1.82, 2.24) is 4.72 Å². The van der Waals surface area contributed by atoms with Gasteiger partial charge in [-0.15, -0.1) is 0 Å². The zero-order chi connectivity index (χ0) is 22.4. The highest BCUT2D eigenvalue weighted by atomic mass is 32.2. The fourth-order valence-electron chi connectivity index (χ4n) is 3.00. The molecule has 3 aromatic rings. The maximum atomic E-state index is 13.2. The van der Waals surface area contributed by atoms with Crippen LogP contribution in [0.5, 0.6) is 5.75 Å². The summed E-state index contributed by atoms with van der Waals surface area (Å²) in [5, 5.41) is 9.86. The largest absolute Gasteiger partial charge is 0.497 e. The second kappa shape index (κ2) is 9.63. The van der Waals surface area contributed by atoms with Crippen molar-refractivity contribution in [1.29, 1.82) is 0 Å². The molecule has 7 nitrogen and oxygen atoms in total. The SMILES string of the molecule is COc1ccc(N(Cc2cccc(C(C)O)c2)S(=O)(=O)NC(=O)c2ccccc2)cc1. The van der Waals surface area contributed by atoms with E-state index in [-0.39, 0.29) is 12.1 Å². The van der Waals surface area contributed by atoms with Crippen molar-refractivity contribution < 1.29 is 23.1 Å². The standard InChI is InChI=1S/C23H24N2O5S/c1-17(26)20-10-6-7-18(15-20)16-25(21-11-13-22(30-2)14-12-21)31(28,29)24-23(27)19-8-4-3-5-9-19/h3-15,17,26H,16H2,1-2H3,(H,24,27). The molecule has 1 amide bonds. The Balaban J connectivity index is 1.96. The molecule has 162 valence electrons. The van der Waals surface area contributed by atoms with Crippen LogP contribution in [0.1, 0.15) is 34.5 Å². The molecule has 0 spiro atoms. The van der Waals surface area contributed by atoms with Crippen LogP contribution in [0.15, 0.2) is 78.9 Å². The minimum absolute atomic E-state index is 0.0374. The first-order valence-corrected chi connectivity index (χ1v) is 11.0. The number of hydrogen-bond acceptors (Lipinski definition) is 5. The summed E-state index contributed by atoms with van der Waals surface area (Å²) in [6.07, 6.45) is -0.691. The van der Waals surface area contributed by atoms with Gasteiger partial charge in [0.25, 0.3) is 5.91 Å². The molecular formula is C23H24N2O5S. The van der Waals surface area contributed by atoms with E-state index in [4.69, 9.17) is 4.74 Å². The van der Waals surface area contributed by atoms with Crippen LogP contribution in [-0.4, -0.2) is 26.5 Å². The van der Waals surface area contributed by atoms with E-state index < -0.39 is 22.2 Å². The van der Waals surface area contributed by atoms with Crippen molar-refractivity contribution in [2.75, 3.05) is 11.4 Å². The van der Waals surface area contributed by atoms with Crippen LogP contribution in [0.3, 0.4) is 0 Å². The summed E-state index contributed by atoms with van der Waals surface area (Å²) < 4.78 is 34.8. The first-order chi connectivity index (χ1) is 14.8. The van der Waals surface area contributed by atoms with E-state index in [0.717, 1.165) is 4.31 Å². The van der Waals surface area contributed by atoms with E-state index in [9.17, 15) is 18.3 Å². The minimum Gasteiger partial charge on any atom is -0.497 e. The predicted octanol–water partition coefficient (Wildman–Crippen LogP) is 3.43. The molecule has 0 aliphatic carbocycles. The molecule has 31 heavy (non-hydrogen) atoms. The van der Waals surface area contributed by atoms with Crippen LogP contribution in [-0.2, 0) is 16.8 Å². The Morgan fingerprint density at radius 3 is 2.32 bits per heavy atom. The number of aliphatic hydroxyl groups is 1. The lowest BCUT2D eigenvalue weighted by atomic mass is 10.1. The van der Waals surface area contributed by atoms with Gasteiger partial charge in [-0.1, -0.05) is 42.5 Å². The van der Waals surface area contributed by atoms with Crippen LogP contribution >= 0.6 is 0 Å². The van der Waals surface area contributed by atoms with Crippen LogP contribution in [0.2, 0.25) is 0 Å². The number of carbonyl (C=O) groups is 1. The number of methoxy groups -OCH3 is 1. The van der Waals surface area contributed by atoms with Gasteiger partial charge in [-0.3, -0.25) is 4.79 Å². The molecule has 2 N–H and O–H groups in total. The van der Waals surface area contributed by atoms with Crippen molar-refractivity contribution in [2.45, 2.75) is 19.6 Å². The molecule has 0 bridgehead atoms. The number of nitrogens with one attached hydrogen (secondary N) is 1. The highest BCUT2D eigenvalue weighted by molar-refractivity contribution is 7.91. The molecule has 0 saturated heterocycles. The van der Waals surface area contributed by atoms with Gasteiger partial charge in [0.05, 0.1) is 25.4 Å². The minimum atomic E-state index is -4.24. The van der Waals surface area contributed by atoms with Gasteiger partial charge >= 0.3 is 10.2 Å². The van der Waals surface area contributed by atoms with E-state index in [1.165, 1.54) is 19.2 Å². The second-order valence-corrected chi connectivity index (χ2v) is 8.52. The lowest BCUT2D eigenvalue weighted by Gasteiger charge is -2.25.